The van der Waals surface area contributed by atoms with Crippen LogP contribution in [-0.2, 0) is 17.8 Å². The van der Waals surface area contributed by atoms with E-state index in [9.17, 15) is 9.59 Å². The Kier molecular flexibility index (Phi) is 3.61. The van der Waals surface area contributed by atoms with Gasteiger partial charge in [-0.25, -0.2) is 23.8 Å². The number of carbonyl (C=O) groups is 1. The zero-order chi connectivity index (χ0) is 16.6. The maximum absolute atomic E-state index is 12.5. The molecule has 3 heterocycles. The van der Waals surface area contributed by atoms with Crippen molar-refractivity contribution >= 4 is 11.6 Å². The van der Waals surface area contributed by atoms with Gasteiger partial charge in [-0.2, -0.15) is 0 Å². The monoisotopic (exact) mass is 314 g/mol. The van der Waals surface area contributed by atoms with Crippen molar-refractivity contribution in [3.63, 3.8) is 0 Å². The Bertz CT molecular complexity index is 945. The van der Waals surface area contributed by atoms with Crippen molar-refractivity contribution in [2.75, 3.05) is 0 Å². The topological polar surface area (TPSA) is 115 Å². The van der Waals surface area contributed by atoms with Crippen molar-refractivity contribution in [2.45, 2.75) is 26.8 Å². The number of hydrogen-bond donors (Lipinski definition) is 1. The molecule has 0 fully saturated rings. The number of carboxylic acids is 1. The molecule has 1 N–H and O–H groups in total. The van der Waals surface area contributed by atoms with Crippen LogP contribution in [0.4, 0.5) is 0 Å². The van der Waals surface area contributed by atoms with Crippen LogP contribution in [0.3, 0.4) is 0 Å². The van der Waals surface area contributed by atoms with Crippen LogP contribution < -0.4 is 5.69 Å². The van der Waals surface area contributed by atoms with Gasteiger partial charge in [0.1, 0.15) is 12.2 Å². The molecule has 0 atom stereocenters. The lowest BCUT2D eigenvalue weighted by Crippen LogP contribution is -2.26. The van der Waals surface area contributed by atoms with E-state index in [1.54, 1.807) is 0 Å². The highest BCUT2D eigenvalue weighted by Crippen LogP contribution is 2.19. The van der Waals surface area contributed by atoms with Crippen molar-refractivity contribution in [2.24, 2.45) is 0 Å². The third-order valence-electron chi connectivity index (χ3n) is 3.46. The number of aliphatic carboxylic acids is 1. The first kappa shape index (κ1) is 14.8. The number of fused-ring (bicyclic) bond motifs is 1. The van der Waals surface area contributed by atoms with Crippen molar-refractivity contribution in [1.29, 1.82) is 0 Å². The van der Waals surface area contributed by atoms with Crippen molar-refractivity contribution in [3.8, 4) is 11.5 Å². The van der Waals surface area contributed by atoms with E-state index in [0.717, 1.165) is 10.2 Å². The standard InChI is InChI=1S/C14H14N6O3/c1-3-9-8(2)17-13(10-6-15-4-5-16-10)20-12(9)18-19(14(20)23)7-11(21)22/h4-6H,3,7H2,1-2H3,(H,21,22). The molecule has 0 saturated heterocycles. The van der Waals surface area contributed by atoms with Crippen LogP contribution >= 0.6 is 0 Å². The van der Waals surface area contributed by atoms with Gasteiger partial charge in [-0.05, 0) is 13.3 Å². The summed E-state index contributed by atoms with van der Waals surface area (Å²) in [5, 5.41) is 13.1. The Morgan fingerprint density at radius 2 is 2.13 bits per heavy atom. The molecule has 0 radical (unpaired) electrons. The molecule has 0 amide bonds. The SMILES string of the molecule is CCc1c(C)nc(-c2cnccn2)n2c(=O)n(CC(=O)O)nc12. The summed E-state index contributed by atoms with van der Waals surface area (Å²) in [6.45, 7) is 3.23. The van der Waals surface area contributed by atoms with E-state index in [1.807, 2.05) is 13.8 Å². The molecule has 118 valence electrons. The fraction of sp³-hybridized carbons (Fsp3) is 0.286. The average molecular weight is 314 g/mol. The molecular formula is C14H14N6O3. The van der Waals surface area contributed by atoms with Crippen LogP contribution in [0.2, 0.25) is 0 Å². The summed E-state index contributed by atoms with van der Waals surface area (Å²) in [7, 11) is 0. The molecule has 23 heavy (non-hydrogen) atoms. The normalized spacial score (nSPS) is 11.0. The number of carboxylic acid groups (broad SMARTS) is 1. The molecule has 3 rings (SSSR count). The molecule has 0 saturated carbocycles. The molecule has 0 unspecified atom stereocenters. The third-order valence-corrected chi connectivity index (χ3v) is 3.46. The quantitative estimate of drug-likeness (QED) is 0.736. The van der Waals surface area contributed by atoms with Gasteiger partial charge in [0, 0.05) is 23.7 Å². The smallest absolute Gasteiger partial charge is 0.352 e. The van der Waals surface area contributed by atoms with Gasteiger partial charge in [-0.3, -0.25) is 9.78 Å². The lowest BCUT2D eigenvalue weighted by molar-refractivity contribution is -0.137. The molecular weight excluding hydrogens is 300 g/mol. The summed E-state index contributed by atoms with van der Waals surface area (Å²) in [4.78, 5) is 36.1. The summed E-state index contributed by atoms with van der Waals surface area (Å²) >= 11 is 0. The van der Waals surface area contributed by atoms with Crippen molar-refractivity contribution in [3.05, 3.63) is 40.3 Å². The third kappa shape index (κ3) is 2.45. The Morgan fingerprint density at radius 3 is 2.74 bits per heavy atom. The first-order chi connectivity index (χ1) is 11.0. The molecule has 9 heteroatoms. The zero-order valence-electron chi connectivity index (χ0n) is 12.6. The molecule has 0 aliphatic carbocycles. The molecule has 3 aromatic rings. The second-order valence-electron chi connectivity index (χ2n) is 4.94. The predicted octanol–water partition coefficient (Wildman–Crippen LogP) is 0.303. The second kappa shape index (κ2) is 5.59. The Morgan fingerprint density at radius 1 is 1.35 bits per heavy atom. The number of rotatable bonds is 4. The molecule has 0 aliphatic heterocycles. The molecule has 0 spiro atoms. The minimum Gasteiger partial charge on any atom is -0.480 e. The lowest BCUT2D eigenvalue weighted by Gasteiger charge is -2.08. The fourth-order valence-electron chi connectivity index (χ4n) is 2.46. The fourth-order valence-corrected chi connectivity index (χ4v) is 2.46. The first-order valence-corrected chi connectivity index (χ1v) is 7.00. The minimum atomic E-state index is -1.14. The summed E-state index contributed by atoms with van der Waals surface area (Å²) < 4.78 is 2.20. The van der Waals surface area contributed by atoms with E-state index in [-0.39, 0.29) is 0 Å². The van der Waals surface area contributed by atoms with E-state index in [4.69, 9.17) is 5.11 Å². The summed E-state index contributed by atoms with van der Waals surface area (Å²) in [6.07, 6.45) is 5.13. The molecule has 0 aliphatic rings. The maximum atomic E-state index is 12.5. The number of hydrogen-bond acceptors (Lipinski definition) is 6. The van der Waals surface area contributed by atoms with Gasteiger partial charge in [0.15, 0.2) is 11.5 Å². The Balaban J connectivity index is 2.40. The van der Waals surface area contributed by atoms with Gasteiger partial charge < -0.3 is 5.11 Å². The van der Waals surface area contributed by atoms with E-state index >= 15 is 0 Å². The Hall–Kier alpha value is -3.10. The summed E-state index contributed by atoms with van der Waals surface area (Å²) in [6, 6.07) is 0. The lowest BCUT2D eigenvalue weighted by atomic mass is 10.2. The first-order valence-electron chi connectivity index (χ1n) is 7.00. The highest BCUT2D eigenvalue weighted by molar-refractivity contribution is 5.66. The van der Waals surface area contributed by atoms with Crippen LogP contribution in [0, 0.1) is 6.92 Å². The van der Waals surface area contributed by atoms with Gasteiger partial charge in [0.25, 0.3) is 0 Å². The maximum Gasteiger partial charge on any atom is 0.352 e. The highest BCUT2D eigenvalue weighted by Gasteiger charge is 2.20. The highest BCUT2D eigenvalue weighted by atomic mass is 16.4. The van der Waals surface area contributed by atoms with Gasteiger partial charge in [0.2, 0.25) is 0 Å². The van der Waals surface area contributed by atoms with Gasteiger partial charge >= 0.3 is 11.7 Å². The molecule has 3 aromatic heterocycles. The van der Waals surface area contributed by atoms with E-state index in [2.05, 4.69) is 20.1 Å². The molecule has 0 aromatic carbocycles. The van der Waals surface area contributed by atoms with Crippen LogP contribution in [0.15, 0.2) is 23.4 Å². The predicted molar refractivity (Wildman–Crippen MR) is 80.0 cm³/mol. The van der Waals surface area contributed by atoms with E-state index < -0.39 is 18.2 Å². The minimum absolute atomic E-state index is 0.296. The number of nitrogens with zero attached hydrogens (tertiary/aromatic N) is 6. The summed E-state index contributed by atoms with van der Waals surface area (Å²) in [5.41, 5.74) is 1.75. The number of aryl methyl sites for hydroxylation is 2. The number of aromatic nitrogens is 6. The summed E-state index contributed by atoms with van der Waals surface area (Å²) in [5.74, 6) is -0.844. The van der Waals surface area contributed by atoms with Crippen LogP contribution in [0.5, 0.6) is 0 Å². The van der Waals surface area contributed by atoms with Crippen LogP contribution in [-0.4, -0.2) is 40.2 Å². The van der Waals surface area contributed by atoms with Gasteiger partial charge in [0.05, 0.1) is 6.20 Å². The van der Waals surface area contributed by atoms with Crippen molar-refractivity contribution in [1.82, 2.24) is 29.1 Å². The van der Waals surface area contributed by atoms with Crippen molar-refractivity contribution < 1.29 is 9.90 Å². The largest absolute Gasteiger partial charge is 0.480 e. The molecule has 9 nitrogen and oxygen atoms in total. The van der Waals surface area contributed by atoms with Gasteiger partial charge in [-0.15, -0.1) is 5.10 Å². The van der Waals surface area contributed by atoms with Gasteiger partial charge in [-0.1, -0.05) is 6.92 Å². The zero-order valence-corrected chi connectivity index (χ0v) is 12.6. The Labute approximate surface area is 130 Å². The van der Waals surface area contributed by atoms with Crippen LogP contribution in [0.1, 0.15) is 18.2 Å². The van der Waals surface area contributed by atoms with E-state index in [1.165, 1.54) is 23.0 Å². The molecule has 0 bridgehead atoms. The van der Waals surface area contributed by atoms with E-state index in [0.29, 0.717) is 29.3 Å². The second-order valence-corrected chi connectivity index (χ2v) is 4.94. The average Bonchev–Trinajstić information content (AvgIpc) is 2.83. The van der Waals surface area contributed by atoms with Crippen LogP contribution in [0.25, 0.3) is 17.2 Å².